The summed E-state index contributed by atoms with van der Waals surface area (Å²) in [6.07, 6.45) is 0. The summed E-state index contributed by atoms with van der Waals surface area (Å²) in [5.41, 5.74) is 1.25. The molecule has 2 rings (SSSR count). The van der Waals surface area contributed by atoms with E-state index < -0.39 is 0 Å². The minimum absolute atomic E-state index is 0.152. The first-order chi connectivity index (χ1) is 8.65. The number of hydrogen-bond donors (Lipinski definition) is 3. The molecular weight excluding hydrogens is 232 g/mol. The molecule has 0 unspecified atom stereocenters. The molecule has 0 radical (unpaired) electrons. The number of carbonyl (C=O) groups excluding carboxylic acids is 2. The zero-order chi connectivity index (χ0) is 13.0. The van der Waals surface area contributed by atoms with Gasteiger partial charge in [-0.2, -0.15) is 0 Å². The van der Waals surface area contributed by atoms with E-state index in [4.69, 9.17) is 0 Å². The van der Waals surface area contributed by atoms with Crippen LogP contribution in [0.5, 0.6) is 0 Å². The van der Waals surface area contributed by atoms with E-state index in [1.54, 1.807) is 24.3 Å². The van der Waals surface area contributed by atoms with Gasteiger partial charge in [-0.3, -0.25) is 14.6 Å². The minimum Gasteiger partial charge on any atom is -0.364 e. The fourth-order valence-corrected chi connectivity index (χ4v) is 1.62. The number of aliphatic imine (C=N–C) groups is 1. The van der Waals surface area contributed by atoms with Gasteiger partial charge in [0.2, 0.25) is 5.91 Å². The maximum absolute atomic E-state index is 11.8. The number of benzene rings is 1. The van der Waals surface area contributed by atoms with Crippen molar-refractivity contribution in [3.05, 3.63) is 24.3 Å². The molecular formula is C12H14N4O2. The molecule has 94 valence electrons. The number of hydrogen-bond acceptors (Lipinski definition) is 4. The van der Waals surface area contributed by atoms with E-state index in [0.717, 1.165) is 0 Å². The van der Waals surface area contributed by atoms with E-state index in [1.165, 1.54) is 6.92 Å². The van der Waals surface area contributed by atoms with Crippen molar-refractivity contribution in [2.45, 2.75) is 6.92 Å². The number of nitrogens with one attached hydrogen (secondary N) is 3. The lowest BCUT2D eigenvalue weighted by atomic mass is 10.2. The maximum Gasteiger partial charge on any atom is 0.290 e. The molecule has 0 saturated heterocycles. The molecule has 0 bridgehead atoms. The van der Waals surface area contributed by atoms with E-state index in [0.29, 0.717) is 30.3 Å². The Bertz CT molecular complexity index is 511. The van der Waals surface area contributed by atoms with Crippen LogP contribution in [0.4, 0.5) is 11.4 Å². The number of anilines is 2. The molecule has 1 aliphatic rings. The monoisotopic (exact) mass is 246 g/mol. The van der Waals surface area contributed by atoms with Crippen LogP contribution in [0.3, 0.4) is 0 Å². The fraction of sp³-hybridized carbons (Fsp3) is 0.250. The molecule has 3 N–H and O–H groups in total. The van der Waals surface area contributed by atoms with Crippen LogP contribution in [0.2, 0.25) is 0 Å². The lowest BCUT2D eigenvalue weighted by Gasteiger charge is -2.07. The lowest BCUT2D eigenvalue weighted by Crippen LogP contribution is -2.32. The number of amides is 2. The van der Waals surface area contributed by atoms with Gasteiger partial charge in [0.25, 0.3) is 5.91 Å². The van der Waals surface area contributed by atoms with Crippen LogP contribution in [-0.4, -0.2) is 30.7 Å². The van der Waals surface area contributed by atoms with Gasteiger partial charge in [0, 0.05) is 24.8 Å². The topological polar surface area (TPSA) is 82.6 Å². The lowest BCUT2D eigenvalue weighted by molar-refractivity contribution is -0.114. The number of nitrogens with zero attached hydrogens (tertiary/aromatic N) is 1. The first-order valence-corrected chi connectivity index (χ1v) is 5.62. The van der Waals surface area contributed by atoms with Gasteiger partial charge in [-0.05, 0) is 18.2 Å². The first kappa shape index (κ1) is 12.1. The Hall–Kier alpha value is -2.37. The molecule has 1 aromatic carbocycles. The highest BCUT2D eigenvalue weighted by molar-refractivity contribution is 6.42. The van der Waals surface area contributed by atoms with Gasteiger partial charge >= 0.3 is 0 Å². The summed E-state index contributed by atoms with van der Waals surface area (Å²) in [7, 11) is 0. The molecule has 6 heteroatoms. The molecule has 0 atom stereocenters. The Labute approximate surface area is 104 Å². The van der Waals surface area contributed by atoms with Crippen molar-refractivity contribution in [2.24, 2.45) is 4.99 Å². The Balaban J connectivity index is 2.04. The van der Waals surface area contributed by atoms with Crippen molar-refractivity contribution < 1.29 is 9.59 Å². The zero-order valence-electron chi connectivity index (χ0n) is 9.99. The molecule has 0 spiro atoms. The van der Waals surface area contributed by atoms with Crippen LogP contribution in [-0.2, 0) is 9.59 Å². The Morgan fingerprint density at radius 3 is 2.61 bits per heavy atom. The molecule has 18 heavy (non-hydrogen) atoms. The molecule has 1 aliphatic heterocycles. The number of carbonyl (C=O) groups is 2. The molecule has 6 nitrogen and oxygen atoms in total. The van der Waals surface area contributed by atoms with Crippen molar-refractivity contribution in [1.29, 1.82) is 0 Å². The predicted octanol–water partition coefficient (Wildman–Crippen LogP) is 0.585. The maximum atomic E-state index is 11.8. The van der Waals surface area contributed by atoms with Gasteiger partial charge in [-0.25, -0.2) is 0 Å². The normalized spacial score (nSPS) is 13.5. The second kappa shape index (κ2) is 5.31. The first-order valence-electron chi connectivity index (χ1n) is 5.62. The van der Waals surface area contributed by atoms with Gasteiger partial charge in [0.15, 0.2) is 5.84 Å². The highest BCUT2D eigenvalue weighted by Gasteiger charge is 2.14. The summed E-state index contributed by atoms with van der Waals surface area (Å²) in [5.74, 6) is -0.0762. The Morgan fingerprint density at radius 1 is 1.28 bits per heavy atom. The molecule has 2 amide bonds. The van der Waals surface area contributed by atoms with Crippen LogP contribution in [0.1, 0.15) is 6.92 Å². The predicted molar refractivity (Wildman–Crippen MR) is 69.7 cm³/mol. The van der Waals surface area contributed by atoms with Crippen molar-refractivity contribution >= 4 is 29.0 Å². The van der Waals surface area contributed by atoms with Gasteiger partial charge in [-0.15, -0.1) is 0 Å². The summed E-state index contributed by atoms with van der Waals surface area (Å²) in [4.78, 5) is 26.7. The van der Waals surface area contributed by atoms with Crippen molar-refractivity contribution in [1.82, 2.24) is 5.32 Å². The third kappa shape index (κ3) is 3.07. The van der Waals surface area contributed by atoms with Gasteiger partial charge in [0.1, 0.15) is 0 Å². The summed E-state index contributed by atoms with van der Waals surface area (Å²) >= 11 is 0. The third-order valence-electron chi connectivity index (χ3n) is 2.33. The van der Waals surface area contributed by atoms with Gasteiger partial charge in [-0.1, -0.05) is 6.07 Å². The Kier molecular flexibility index (Phi) is 3.57. The average Bonchev–Trinajstić information content (AvgIpc) is 2.81. The average molecular weight is 246 g/mol. The van der Waals surface area contributed by atoms with E-state index in [-0.39, 0.29) is 11.8 Å². The summed E-state index contributed by atoms with van der Waals surface area (Å²) in [6, 6.07) is 6.95. The van der Waals surface area contributed by atoms with E-state index >= 15 is 0 Å². The fourth-order valence-electron chi connectivity index (χ4n) is 1.62. The van der Waals surface area contributed by atoms with Gasteiger partial charge in [0.05, 0.1) is 6.54 Å². The van der Waals surface area contributed by atoms with Crippen molar-refractivity contribution in [3.63, 3.8) is 0 Å². The molecule has 0 aromatic heterocycles. The highest BCUT2D eigenvalue weighted by atomic mass is 16.2. The van der Waals surface area contributed by atoms with E-state index in [1.807, 2.05) is 0 Å². The standard InChI is InChI=1S/C12H14N4O2/c1-8(17)15-9-3-2-4-10(7-9)16-12(18)11-13-5-6-14-11/h2-4,7H,5-6H2,1H3,(H,13,14)(H,15,17)(H,16,18). The second-order valence-electron chi connectivity index (χ2n) is 3.87. The van der Waals surface area contributed by atoms with Crippen LogP contribution < -0.4 is 16.0 Å². The second-order valence-corrected chi connectivity index (χ2v) is 3.87. The van der Waals surface area contributed by atoms with Crippen LogP contribution in [0.25, 0.3) is 0 Å². The third-order valence-corrected chi connectivity index (χ3v) is 2.33. The molecule has 1 aromatic rings. The quantitative estimate of drug-likeness (QED) is 0.729. The van der Waals surface area contributed by atoms with Crippen LogP contribution >= 0.6 is 0 Å². The zero-order valence-corrected chi connectivity index (χ0v) is 9.99. The summed E-state index contributed by atoms with van der Waals surface area (Å²) in [6.45, 7) is 2.74. The van der Waals surface area contributed by atoms with Crippen molar-refractivity contribution in [3.8, 4) is 0 Å². The van der Waals surface area contributed by atoms with Crippen LogP contribution in [0.15, 0.2) is 29.3 Å². The van der Waals surface area contributed by atoms with E-state index in [2.05, 4.69) is 20.9 Å². The highest BCUT2D eigenvalue weighted by Crippen LogP contribution is 2.15. The number of rotatable bonds is 3. The van der Waals surface area contributed by atoms with E-state index in [9.17, 15) is 9.59 Å². The number of amidine groups is 1. The van der Waals surface area contributed by atoms with Crippen LogP contribution in [0, 0.1) is 0 Å². The molecule has 0 saturated carbocycles. The SMILES string of the molecule is CC(=O)Nc1cccc(NC(=O)C2=NCCN2)c1. The molecule has 1 heterocycles. The minimum atomic E-state index is -0.271. The summed E-state index contributed by atoms with van der Waals surface area (Å²) in [5, 5.41) is 8.26. The molecule has 0 aliphatic carbocycles. The van der Waals surface area contributed by atoms with Gasteiger partial charge < -0.3 is 16.0 Å². The Morgan fingerprint density at radius 2 is 2.00 bits per heavy atom. The molecule has 0 fully saturated rings. The smallest absolute Gasteiger partial charge is 0.290 e. The largest absolute Gasteiger partial charge is 0.364 e. The summed E-state index contributed by atoms with van der Waals surface area (Å²) < 4.78 is 0. The van der Waals surface area contributed by atoms with Crippen molar-refractivity contribution in [2.75, 3.05) is 23.7 Å².